The van der Waals surface area contributed by atoms with Crippen LogP contribution in [0.3, 0.4) is 0 Å². The van der Waals surface area contributed by atoms with Crippen molar-refractivity contribution >= 4 is 35.0 Å². The molecular formula is C25H24Cl2N2O4. The molecule has 0 fully saturated rings. The van der Waals surface area contributed by atoms with Crippen molar-refractivity contribution in [2.24, 2.45) is 0 Å². The summed E-state index contributed by atoms with van der Waals surface area (Å²) in [5.74, 6) is -0.247. The van der Waals surface area contributed by atoms with Gasteiger partial charge in [0, 0.05) is 12.1 Å². The first-order valence-corrected chi connectivity index (χ1v) is 11.1. The van der Waals surface area contributed by atoms with Gasteiger partial charge >= 0.3 is 0 Å². The van der Waals surface area contributed by atoms with E-state index in [1.807, 2.05) is 36.4 Å². The molecule has 0 aliphatic rings. The molecule has 6 nitrogen and oxygen atoms in total. The van der Waals surface area contributed by atoms with Crippen molar-refractivity contribution in [3.05, 3.63) is 100 Å². The van der Waals surface area contributed by atoms with E-state index in [4.69, 9.17) is 27.9 Å². The monoisotopic (exact) mass is 486 g/mol. The van der Waals surface area contributed by atoms with Gasteiger partial charge in [0.2, 0.25) is 5.91 Å². The lowest BCUT2D eigenvalue weighted by atomic mass is 10.0. The third kappa shape index (κ3) is 7.49. The summed E-state index contributed by atoms with van der Waals surface area (Å²) < 4.78 is 5.49. The van der Waals surface area contributed by atoms with Gasteiger partial charge in [0.1, 0.15) is 23.5 Å². The summed E-state index contributed by atoms with van der Waals surface area (Å²) >= 11 is 12.0. The number of ether oxygens (including phenoxy) is 1. The molecule has 2 unspecified atom stereocenters. The lowest BCUT2D eigenvalue weighted by molar-refractivity contribution is -0.122. The minimum absolute atomic E-state index is 0.0102. The molecule has 0 spiro atoms. The Morgan fingerprint density at radius 3 is 2.27 bits per heavy atom. The average Bonchev–Trinajstić information content (AvgIpc) is 2.84. The van der Waals surface area contributed by atoms with Crippen LogP contribution in [-0.2, 0) is 4.79 Å². The van der Waals surface area contributed by atoms with Crippen LogP contribution in [0.5, 0.6) is 5.75 Å². The predicted molar refractivity (Wildman–Crippen MR) is 129 cm³/mol. The number of carbonyl (C=O) groups is 2. The quantitative estimate of drug-likeness (QED) is 0.396. The molecule has 0 saturated carbocycles. The molecule has 2 atom stereocenters. The van der Waals surface area contributed by atoms with Gasteiger partial charge in [0.15, 0.2) is 0 Å². The molecule has 0 aliphatic carbocycles. The molecule has 172 valence electrons. The Balaban J connectivity index is 1.54. The molecule has 0 aromatic heterocycles. The van der Waals surface area contributed by atoms with E-state index >= 15 is 0 Å². The Hall–Kier alpha value is -3.06. The highest BCUT2D eigenvalue weighted by molar-refractivity contribution is 6.42. The second-order valence-electron chi connectivity index (χ2n) is 7.33. The normalized spacial score (nSPS) is 12.5. The number of hydrogen-bond acceptors (Lipinski definition) is 4. The summed E-state index contributed by atoms with van der Waals surface area (Å²) in [6.45, 7) is -0.0989. The molecule has 2 amide bonds. The van der Waals surface area contributed by atoms with Gasteiger partial charge in [-0.25, -0.2) is 0 Å². The van der Waals surface area contributed by atoms with E-state index in [2.05, 4.69) is 10.6 Å². The first-order valence-electron chi connectivity index (χ1n) is 10.4. The molecular weight excluding hydrogens is 463 g/mol. The van der Waals surface area contributed by atoms with Crippen LogP contribution in [0.1, 0.15) is 28.4 Å². The van der Waals surface area contributed by atoms with Crippen molar-refractivity contribution in [1.29, 1.82) is 0 Å². The molecule has 0 radical (unpaired) electrons. The van der Waals surface area contributed by atoms with E-state index in [9.17, 15) is 14.7 Å². The Morgan fingerprint density at radius 1 is 0.909 bits per heavy atom. The van der Waals surface area contributed by atoms with Gasteiger partial charge in [-0.15, -0.1) is 0 Å². The molecule has 0 heterocycles. The SMILES string of the molecule is O=C(CC(NC(=O)c1ccccc1)c1ccccc1)NCC(O)COc1cccc(Cl)c1Cl. The summed E-state index contributed by atoms with van der Waals surface area (Å²) in [7, 11) is 0. The predicted octanol–water partition coefficient (Wildman–Crippen LogP) is 4.41. The molecule has 0 bridgehead atoms. The molecule has 3 rings (SSSR count). The number of rotatable bonds is 10. The number of hydrogen-bond donors (Lipinski definition) is 3. The third-order valence-electron chi connectivity index (χ3n) is 4.82. The van der Waals surface area contributed by atoms with Crippen LogP contribution in [0.4, 0.5) is 0 Å². The van der Waals surface area contributed by atoms with Gasteiger partial charge in [-0.05, 0) is 29.8 Å². The zero-order valence-electron chi connectivity index (χ0n) is 17.7. The highest BCUT2D eigenvalue weighted by Crippen LogP contribution is 2.31. The van der Waals surface area contributed by atoms with Gasteiger partial charge in [-0.3, -0.25) is 9.59 Å². The van der Waals surface area contributed by atoms with Crippen LogP contribution in [0, 0.1) is 0 Å². The minimum Gasteiger partial charge on any atom is -0.489 e. The van der Waals surface area contributed by atoms with E-state index in [0.717, 1.165) is 5.56 Å². The Bertz CT molecular complexity index is 1060. The fourth-order valence-corrected chi connectivity index (χ4v) is 3.44. The maximum absolute atomic E-state index is 12.6. The number of aliphatic hydroxyl groups is 1. The Labute approximate surface area is 202 Å². The molecule has 8 heteroatoms. The largest absolute Gasteiger partial charge is 0.489 e. The van der Waals surface area contributed by atoms with Crippen molar-refractivity contribution in [2.45, 2.75) is 18.6 Å². The van der Waals surface area contributed by atoms with Gasteiger partial charge < -0.3 is 20.5 Å². The molecule has 33 heavy (non-hydrogen) atoms. The smallest absolute Gasteiger partial charge is 0.251 e. The highest BCUT2D eigenvalue weighted by Gasteiger charge is 2.20. The summed E-state index contributed by atoms with van der Waals surface area (Å²) in [6, 6.07) is 22.5. The maximum atomic E-state index is 12.6. The second kappa shape index (κ2) is 12.3. The second-order valence-corrected chi connectivity index (χ2v) is 8.11. The van der Waals surface area contributed by atoms with Crippen LogP contribution < -0.4 is 15.4 Å². The van der Waals surface area contributed by atoms with Crippen molar-refractivity contribution in [3.8, 4) is 5.75 Å². The summed E-state index contributed by atoms with van der Waals surface area (Å²) in [6.07, 6.45) is -0.950. The molecule has 0 aliphatic heterocycles. The topological polar surface area (TPSA) is 87.7 Å². The minimum atomic E-state index is -0.960. The zero-order valence-corrected chi connectivity index (χ0v) is 19.2. The van der Waals surface area contributed by atoms with Crippen LogP contribution in [0.2, 0.25) is 10.0 Å². The fraction of sp³-hybridized carbons (Fsp3) is 0.200. The lowest BCUT2D eigenvalue weighted by Crippen LogP contribution is -2.38. The van der Waals surface area contributed by atoms with E-state index in [1.54, 1.807) is 42.5 Å². The summed E-state index contributed by atoms with van der Waals surface area (Å²) in [5, 5.41) is 16.4. The molecule has 3 aromatic rings. The van der Waals surface area contributed by atoms with E-state index in [1.165, 1.54) is 0 Å². The number of nitrogens with one attached hydrogen (secondary N) is 2. The number of aliphatic hydroxyl groups excluding tert-OH is 1. The number of halogens is 2. The van der Waals surface area contributed by atoms with Crippen molar-refractivity contribution in [2.75, 3.05) is 13.2 Å². The number of carbonyl (C=O) groups excluding carboxylic acids is 2. The summed E-state index contributed by atoms with van der Waals surface area (Å²) in [4.78, 5) is 25.2. The first kappa shape index (κ1) is 24.6. The Morgan fingerprint density at radius 2 is 1.58 bits per heavy atom. The third-order valence-corrected chi connectivity index (χ3v) is 5.62. The van der Waals surface area contributed by atoms with Crippen LogP contribution in [-0.4, -0.2) is 36.2 Å². The van der Waals surface area contributed by atoms with Crippen LogP contribution in [0.15, 0.2) is 78.9 Å². The lowest BCUT2D eigenvalue weighted by Gasteiger charge is -2.20. The van der Waals surface area contributed by atoms with E-state index in [-0.39, 0.29) is 36.4 Å². The van der Waals surface area contributed by atoms with Crippen LogP contribution >= 0.6 is 23.2 Å². The van der Waals surface area contributed by atoms with Gasteiger partial charge in [-0.2, -0.15) is 0 Å². The van der Waals surface area contributed by atoms with Gasteiger partial charge in [0.25, 0.3) is 5.91 Å². The maximum Gasteiger partial charge on any atom is 0.251 e. The van der Waals surface area contributed by atoms with Gasteiger partial charge in [-0.1, -0.05) is 77.8 Å². The highest BCUT2D eigenvalue weighted by atomic mass is 35.5. The first-order chi connectivity index (χ1) is 15.9. The van der Waals surface area contributed by atoms with E-state index < -0.39 is 12.1 Å². The zero-order chi connectivity index (χ0) is 23.6. The Kier molecular flexibility index (Phi) is 9.13. The van der Waals surface area contributed by atoms with Crippen molar-refractivity contribution in [1.82, 2.24) is 10.6 Å². The summed E-state index contributed by atoms with van der Waals surface area (Å²) in [5.41, 5.74) is 1.31. The molecule has 0 saturated heterocycles. The number of amides is 2. The molecule has 3 N–H and O–H groups in total. The van der Waals surface area contributed by atoms with Gasteiger partial charge in [0.05, 0.1) is 17.5 Å². The standard InChI is InChI=1S/C25H24Cl2N2O4/c26-20-12-7-13-22(24(20)27)33-16-19(30)15-28-23(31)14-21(17-8-3-1-4-9-17)29-25(32)18-10-5-2-6-11-18/h1-13,19,21,30H,14-16H2,(H,28,31)(H,29,32). The van der Waals surface area contributed by atoms with Crippen LogP contribution in [0.25, 0.3) is 0 Å². The van der Waals surface area contributed by atoms with Crippen molar-refractivity contribution < 1.29 is 19.4 Å². The van der Waals surface area contributed by atoms with E-state index in [0.29, 0.717) is 16.3 Å². The number of benzene rings is 3. The fourth-order valence-electron chi connectivity index (χ4n) is 3.10. The average molecular weight is 487 g/mol. The van der Waals surface area contributed by atoms with Crippen molar-refractivity contribution in [3.63, 3.8) is 0 Å². The molecule has 3 aromatic carbocycles.